The maximum absolute atomic E-state index is 15.1. The third kappa shape index (κ3) is 7.35. The van der Waals surface area contributed by atoms with Gasteiger partial charge in [0.15, 0.2) is 23.2 Å². The van der Waals surface area contributed by atoms with Crippen molar-refractivity contribution < 1.29 is 23.5 Å². The van der Waals surface area contributed by atoms with Crippen LogP contribution in [0.1, 0.15) is 69.3 Å². The summed E-state index contributed by atoms with van der Waals surface area (Å²) < 4.78 is 25.9. The Kier molecular flexibility index (Phi) is 9.04. The molecule has 2 aromatic rings. The fraction of sp³-hybridized carbons (Fsp3) is 0.536. The van der Waals surface area contributed by atoms with Crippen LogP contribution >= 0.6 is 0 Å². The number of morpholine rings is 1. The van der Waals surface area contributed by atoms with Gasteiger partial charge < -0.3 is 30.3 Å². The van der Waals surface area contributed by atoms with Crippen LogP contribution in [0.3, 0.4) is 0 Å². The van der Waals surface area contributed by atoms with Crippen LogP contribution in [0.4, 0.5) is 32.3 Å². The number of Topliss-reactive ketones (excluding diaryl/α,β-unsaturated/α-hetero) is 1. The van der Waals surface area contributed by atoms with Gasteiger partial charge in [0.1, 0.15) is 17.5 Å². The molecule has 4 rings (SSSR count). The number of hydrogen-bond donors (Lipinski definition) is 3. The van der Waals surface area contributed by atoms with Crippen molar-refractivity contribution >= 4 is 35.0 Å². The number of pyridine rings is 2. The summed E-state index contributed by atoms with van der Waals surface area (Å²) in [5.74, 6) is -0.206. The monoisotopic (exact) mass is 553 g/mol. The van der Waals surface area contributed by atoms with E-state index in [2.05, 4.69) is 25.9 Å². The largest absolute Gasteiger partial charge is 0.444 e. The van der Waals surface area contributed by atoms with Crippen LogP contribution in [-0.4, -0.2) is 65.8 Å². The Morgan fingerprint density at radius 1 is 1.15 bits per heavy atom. The number of nitriles is 1. The van der Waals surface area contributed by atoms with E-state index in [1.165, 1.54) is 6.92 Å². The van der Waals surface area contributed by atoms with Gasteiger partial charge in [0, 0.05) is 19.1 Å². The standard InChI is InChI=1S/C28H36FN7O4/c1-17(37)20-14-19(16-31-26(20)36-9-11-39-12-10-36)32-24-18(15-30)13-21(29)25(35-24)33-22-7-5-6-8-23(22)34-27(38)40-28(2,3)4/h13-14,16,22-23H,5-12H2,1-4H3,(H,34,38)(H2,32,33,35)/t22-,23+/m1/s1. The Morgan fingerprint density at radius 3 is 2.50 bits per heavy atom. The van der Waals surface area contributed by atoms with Crippen LogP contribution in [0.5, 0.6) is 0 Å². The smallest absolute Gasteiger partial charge is 0.407 e. The van der Waals surface area contributed by atoms with Crippen molar-refractivity contribution in [2.45, 2.75) is 71.1 Å². The summed E-state index contributed by atoms with van der Waals surface area (Å²) in [5, 5.41) is 18.7. The highest BCUT2D eigenvalue weighted by Crippen LogP contribution is 2.29. The molecule has 0 unspecified atom stereocenters. The zero-order valence-electron chi connectivity index (χ0n) is 23.3. The molecule has 1 saturated carbocycles. The van der Waals surface area contributed by atoms with Gasteiger partial charge in [0.2, 0.25) is 0 Å². The molecule has 40 heavy (non-hydrogen) atoms. The molecule has 0 aromatic carbocycles. The number of amides is 1. The number of aromatic nitrogens is 2. The molecule has 2 aliphatic rings. The molecule has 2 aromatic heterocycles. The number of nitrogens with one attached hydrogen (secondary N) is 3. The summed E-state index contributed by atoms with van der Waals surface area (Å²) in [6.07, 6.45) is 4.24. The maximum atomic E-state index is 15.1. The predicted molar refractivity (Wildman–Crippen MR) is 149 cm³/mol. The number of ketones is 1. The van der Waals surface area contributed by atoms with Gasteiger partial charge in [-0.1, -0.05) is 12.8 Å². The lowest BCUT2D eigenvalue weighted by atomic mass is 9.90. The number of carbonyl (C=O) groups excluding carboxylic acids is 2. The van der Waals surface area contributed by atoms with Crippen molar-refractivity contribution in [1.82, 2.24) is 15.3 Å². The minimum absolute atomic E-state index is 0.00300. The molecule has 2 atom stereocenters. The molecular formula is C28H36FN7O4. The van der Waals surface area contributed by atoms with Gasteiger partial charge >= 0.3 is 6.09 Å². The van der Waals surface area contributed by atoms with Crippen LogP contribution in [0.15, 0.2) is 18.3 Å². The van der Waals surface area contributed by atoms with Gasteiger partial charge in [0.25, 0.3) is 0 Å². The normalized spacial score (nSPS) is 19.4. The number of nitrogens with zero attached hydrogens (tertiary/aromatic N) is 4. The highest BCUT2D eigenvalue weighted by atomic mass is 19.1. The number of anilines is 4. The Bertz CT molecular complexity index is 1280. The summed E-state index contributed by atoms with van der Waals surface area (Å²) in [6, 6.07) is 4.16. The number of alkyl carbamates (subject to hydrolysis) is 1. The van der Waals surface area contributed by atoms with E-state index in [1.54, 1.807) is 33.0 Å². The molecule has 0 radical (unpaired) electrons. The van der Waals surface area contributed by atoms with Gasteiger partial charge in [-0.25, -0.2) is 19.2 Å². The first-order valence-corrected chi connectivity index (χ1v) is 13.5. The Balaban J connectivity index is 1.56. The second kappa shape index (κ2) is 12.5. The fourth-order valence-corrected chi connectivity index (χ4v) is 4.83. The first-order valence-electron chi connectivity index (χ1n) is 13.5. The molecule has 11 nitrogen and oxygen atoms in total. The van der Waals surface area contributed by atoms with Gasteiger partial charge in [-0.3, -0.25) is 4.79 Å². The number of ether oxygens (including phenoxy) is 2. The van der Waals surface area contributed by atoms with Gasteiger partial charge in [-0.05, 0) is 52.7 Å². The molecule has 0 spiro atoms. The lowest BCUT2D eigenvalue weighted by Gasteiger charge is -2.33. The molecule has 3 N–H and O–H groups in total. The molecule has 12 heteroatoms. The zero-order valence-corrected chi connectivity index (χ0v) is 23.3. The Morgan fingerprint density at radius 2 is 1.85 bits per heavy atom. The summed E-state index contributed by atoms with van der Waals surface area (Å²) >= 11 is 0. The lowest BCUT2D eigenvalue weighted by Crippen LogP contribution is -2.50. The highest BCUT2D eigenvalue weighted by molar-refractivity contribution is 5.99. The van der Waals surface area contributed by atoms with E-state index in [9.17, 15) is 14.9 Å². The molecule has 1 aliphatic carbocycles. The van der Waals surface area contributed by atoms with Gasteiger partial charge in [-0.2, -0.15) is 5.26 Å². The molecule has 1 aliphatic heterocycles. The van der Waals surface area contributed by atoms with Crippen LogP contribution in [0.25, 0.3) is 0 Å². The molecule has 1 saturated heterocycles. The fourth-order valence-electron chi connectivity index (χ4n) is 4.83. The third-order valence-corrected chi connectivity index (χ3v) is 6.71. The predicted octanol–water partition coefficient (Wildman–Crippen LogP) is 4.52. The van der Waals surface area contributed by atoms with Crippen molar-refractivity contribution in [1.29, 1.82) is 5.26 Å². The summed E-state index contributed by atoms with van der Waals surface area (Å²) in [6.45, 7) is 9.19. The second-order valence-corrected chi connectivity index (χ2v) is 11.0. The third-order valence-electron chi connectivity index (χ3n) is 6.71. The molecule has 0 bridgehead atoms. The average Bonchev–Trinajstić information content (AvgIpc) is 2.90. The summed E-state index contributed by atoms with van der Waals surface area (Å²) in [4.78, 5) is 35.7. The molecule has 1 amide bonds. The van der Waals surface area contributed by atoms with E-state index >= 15 is 4.39 Å². The number of halogens is 1. The first kappa shape index (κ1) is 29.0. The van der Waals surface area contributed by atoms with Crippen molar-refractivity contribution in [3.05, 3.63) is 35.3 Å². The Hall–Kier alpha value is -3.98. The SMILES string of the molecule is CC(=O)c1cc(Nc2nc(N[C@@H]3CCCC[C@@H]3NC(=O)OC(C)(C)C)c(F)cc2C#N)cnc1N1CCOCC1. The topological polar surface area (TPSA) is 142 Å². The number of carbonyl (C=O) groups is 2. The minimum atomic E-state index is -0.686. The highest BCUT2D eigenvalue weighted by Gasteiger charge is 2.30. The van der Waals surface area contributed by atoms with E-state index in [0.717, 1.165) is 18.9 Å². The number of rotatable bonds is 7. The van der Waals surface area contributed by atoms with Crippen molar-refractivity contribution in [2.75, 3.05) is 41.8 Å². The van der Waals surface area contributed by atoms with Crippen LogP contribution < -0.4 is 20.9 Å². The lowest BCUT2D eigenvalue weighted by molar-refractivity contribution is 0.0488. The van der Waals surface area contributed by atoms with Crippen molar-refractivity contribution in [2.24, 2.45) is 0 Å². The summed E-state index contributed by atoms with van der Waals surface area (Å²) in [5.41, 5.74) is 0.215. The van der Waals surface area contributed by atoms with Crippen LogP contribution in [-0.2, 0) is 9.47 Å². The quantitative estimate of drug-likeness (QED) is 0.419. The van der Waals surface area contributed by atoms with Crippen LogP contribution in [0, 0.1) is 17.1 Å². The average molecular weight is 554 g/mol. The molecule has 214 valence electrons. The maximum Gasteiger partial charge on any atom is 0.407 e. The minimum Gasteiger partial charge on any atom is -0.444 e. The van der Waals surface area contributed by atoms with Crippen LogP contribution in [0.2, 0.25) is 0 Å². The summed E-state index contributed by atoms with van der Waals surface area (Å²) in [7, 11) is 0. The van der Waals surface area contributed by atoms with Gasteiger partial charge in [-0.15, -0.1) is 0 Å². The van der Waals surface area contributed by atoms with E-state index in [-0.39, 0.29) is 35.1 Å². The van der Waals surface area contributed by atoms with Crippen molar-refractivity contribution in [3.63, 3.8) is 0 Å². The Labute approximate surface area is 233 Å². The first-order chi connectivity index (χ1) is 19.0. The van der Waals surface area contributed by atoms with E-state index in [0.29, 0.717) is 56.2 Å². The second-order valence-electron chi connectivity index (χ2n) is 11.0. The zero-order chi connectivity index (χ0) is 28.9. The van der Waals surface area contributed by atoms with E-state index in [1.807, 2.05) is 11.0 Å². The van der Waals surface area contributed by atoms with E-state index < -0.39 is 17.5 Å². The van der Waals surface area contributed by atoms with Gasteiger partial charge in [0.05, 0.1) is 42.3 Å². The van der Waals surface area contributed by atoms with E-state index in [4.69, 9.17) is 9.47 Å². The molecular weight excluding hydrogens is 517 g/mol. The molecule has 2 fully saturated rings. The van der Waals surface area contributed by atoms with Crippen molar-refractivity contribution in [3.8, 4) is 6.07 Å². The number of hydrogen-bond acceptors (Lipinski definition) is 10. The molecule has 3 heterocycles.